The number of carbonyl (C=O) groups is 2. The minimum absolute atomic E-state index is 0.0588. The van der Waals surface area contributed by atoms with E-state index < -0.39 is 0 Å². The van der Waals surface area contributed by atoms with E-state index in [1.165, 1.54) is 0 Å². The molecule has 0 spiro atoms. The zero-order valence-electron chi connectivity index (χ0n) is 16.6. The summed E-state index contributed by atoms with van der Waals surface area (Å²) in [5.41, 5.74) is 1.39. The van der Waals surface area contributed by atoms with Crippen LogP contribution in [0.15, 0.2) is 42.5 Å². The summed E-state index contributed by atoms with van der Waals surface area (Å²) in [6.07, 6.45) is 1.54. The number of likely N-dealkylation sites (tertiary alicyclic amines) is 1. The monoisotopic (exact) mass is 416 g/mol. The van der Waals surface area contributed by atoms with E-state index in [0.717, 1.165) is 18.4 Å². The van der Waals surface area contributed by atoms with Gasteiger partial charge >= 0.3 is 0 Å². The number of nitrogens with zero attached hydrogens (tertiary/aromatic N) is 1. The molecule has 1 aliphatic heterocycles. The molecular formula is C22H25ClN2O4. The lowest BCUT2D eigenvalue weighted by Gasteiger charge is -2.32. The Morgan fingerprint density at radius 2 is 1.90 bits per heavy atom. The Hall–Kier alpha value is -2.73. The van der Waals surface area contributed by atoms with Crippen molar-refractivity contribution in [2.45, 2.75) is 19.4 Å². The van der Waals surface area contributed by atoms with Crippen LogP contribution in [0.2, 0.25) is 5.02 Å². The van der Waals surface area contributed by atoms with Crippen LogP contribution in [0.4, 0.5) is 0 Å². The van der Waals surface area contributed by atoms with Crippen molar-refractivity contribution < 1.29 is 19.1 Å². The van der Waals surface area contributed by atoms with Crippen LogP contribution in [0.3, 0.4) is 0 Å². The third-order valence-electron chi connectivity index (χ3n) is 5.10. The molecule has 29 heavy (non-hydrogen) atoms. The number of carbonyl (C=O) groups excluding carboxylic acids is 2. The number of rotatable bonds is 6. The van der Waals surface area contributed by atoms with Gasteiger partial charge in [0, 0.05) is 19.6 Å². The van der Waals surface area contributed by atoms with E-state index in [1.807, 2.05) is 18.2 Å². The van der Waals surface area contributed by atoms with Crippen molar-refractivity contribution in [3.63, 3.8) is 0 Å². The van der Waals surface area contributed by atoms with Crippen molar-refractivity contribution in [2.75, 3.05) is 27.3 Å². The molecule has 1 unspecified atom stereocenters. The first-order valence-electron chi connectivity index (χ1n) is 9.56. The van der Waals surface area contributed by atoms with Crippen LogP contribution in [0.5, 0.6) is 11.5 Å². The first kappa shape index (κ1) is 21.0. The Morgan fingerprint density at radius 1 is 1.14 bits per heavy atom. The summed E-state index contributed by atoms with van der Waals surface area (Å²) < 4.78 is 10.5. The van der Waals surface area contributed by atoms with Crippen LogP contribution in [-0.4, -0.2) is 44.0 Å². The summed E-state index contributed by atoms with van der Waals surface area (Å²) in [6.45, 7) is 1.40. The summed E-state index contributed by atoms with van der Waals surface area (Å²) in [5.74, 6) is 0.830. The molecule has 154 valence electrons. The maximum absolute atomic E-state index is 12.8. The van der Waals surface area contributed by atoms with E-state index in [9.17, 15) is 9.59 Å². The molecule has 0 aliphatic carbocycles. The molecule has 1 atom stereocenters. The number of halogens is 1. The number of methoxy groups -OCH3 is 2. The van der Waals surface area contributed by atoms with Crippen LogP contribution in [0.25, 0.3) is 0 Å². The van der Waals surface area contributed by atoms with Crippen molar-refractivity contribution in [1.82, 2.24) is 10.2 Å². The second kappa shape index (κ2) is 9.65. The second-order valence-electron chi connectivity index (χ2n) is 6.98. The highest BCUT2D eigenvalue weighted by Crippen LogP contribution is 2.27. The highest BCUT2D eigenvalue weighted by molar-refractivity contribution is 6.33. The standard InChI is InChI=1S/C22H25ClN2O4/c1-28-19-10-9-15(12-20(19)29-2)13-24-21(26)16-6-5-11-25(14-16)22(27)17-7-3-4-8-18(17)23/h3-4,7-10,12,16H,5-6,11,13-14H2,1-2H3,(H,24,26). The van der Waals surface area contributed by atoms with Gasteiger partial charge in [0.1, 0.15) is 0 Å². The number of hydrogen-bond donors (Lipinski definition) is 1. The molecule has 2 aromatic carbocycles. The lowest BCUT2D eigenvalue weighted by atomic mass is 9.96. The van der Waals surface area contributed by atoms with Gasteiger partial charge in [-0.3, -0.25) is 9.59 Å². The molecule has 1 fully saturated rings. The summed E-state index contributed by atoms with van der Waals surface area (Å²) in [5, 5.41) is 3.40. The van der Waals surface area contributed by atoms with Crippen LogP contribution in [0.1, 0.15) is 28.8 Å². The molecule has 1 N–H and O–H groups in total. The molecule has 0 bridgehead atoms. The smallest absolute Gasteiger partial charge is 0.255 e. The summed E-state index contributed by atoms with van der Waals surface area (Å²) >= 11 is 6.16. The molecule has 1 saturated heterocycles. The summed E-state index contributed by atoms with van der Waals surface area (Å²) in [6, 6.07) is 12.5. The van der Waals surface area contributed by atoms with Gasteiger partial charge in [-0.15, -0.1) is 0 Å². The zero-order valence-corrected chi connectivity index (χ0v) is 17.4. The van der Waals surface area contributed by atoms with Gasteiger partial charge in [-0.05, 0) is 42.7 Å². The van der Waals surface area contributed by atoms with E-state index in [2.05, 4.69) is 5.32 Å². The first-order chi connectivity index (χ1) is 14.0. The van der Waals surface area contributed by atoms with Crippen molar-refractivity contribution >= 4 is 23.4 Å². The molecule has 1 heterocycles. The summed E-state index contributed by atoms with van der Waals surface area (Å²) in [4.78, 5) is 27.2. The van der Waals surface area contributed by atoms with Gasteiger partial charge in [-0.2, -0.15) is 0 Å². The largest absolute Gasteiger partial charge is 0.493 e. The highest BCUT2D eigenvalue weighted by Gasteiger charge is 2.29. The Balaban J connectivity index is 1.60. The van der Waals surface area contributed by atoms with Crippen LogP contribution >= 0.6 is 11.6 Å². The summed E-state index contributed by atoms with van der Waals surface area (Å²) in [7, 11) is 3.16. The van der Waals surface area contributed by atoms with Gasteiger partial charge in [0.05, 0.1) is 30.7 Å². The van der Waals surface area contributed by atoms with E-state index in [4.69, 9.17) is 21.1 Å². The van der Waals surface area contributed by atoms with E-state index in [-0.39, 0.29) is 17.7 Å². The number of benzene rings is 2. The topological polar surface area (TPSA) is 67.9 Å². The third kappa shape index (κ3) is 5.01. The Labute approximate surface area is 175 Å². The van der Waals surface area contributed by atoms with Gasteiger partial charge in [0.2, 0.25) is 5.91 Å². The lowest BCUT2D eigenvalue weighted by Crippen LogP contribution is -2.45. The average Bonchev–Trinajstić information content (AvgIpc) is 2.77. The van der Waals surface area contributed by atoms with Crippen LogP contribution < -0.4 is 14.8 Å². The van der Waals surface area contributed by atoms with Crippen LogP contribution in [-0.2, 0) is 11.3 Å². The van der Waals surface area contributed by atoms with Crippen molar-refractivity contribution in [3.05, 3.63) is 58.6 Å². The minimum Gasteiger partial charge on any atom is -0.493 e. The molecule has 1 aliphatic rings. The molecule has 0 radical (unpaired) electrons. The molecular weight excluding hydrogens is 392 g/mol. The third-order valence-corrected chi connectivity index (χ3v) is 5.43. The molecule has 6 nitrogen and oxygen atoms in total. The normalized spacial score (nSPS) is 16.2. The fourth-order valence-electron chi connectivity index (χ4n) is 3.50. The quantitative estimate of drug-likeness (QED) is 0.782. The fraction of sp³-hybridized carbons (Fsp3) is 0.364. The maximum atomic E-state index is 12.8. The van der Waals surface area contributed by atoms with Gasteiger partial charge < -0.3 is 19.7 Å². The van der Waals surface area contributed by atoms with E-state index in [1.54, 1.807) is 43.4 Å². The Kier molecular flexibility index (Phi) is 6.99. The van der Waals surface area contributed by atoms with Gasteiger partial charge in [0.15, 0.2) is 11.5 Å². The fourth-order valence-corrected chi connectivity index (χ4v) is 3.72. The molecule has 0 aromatic heterocycles. The number of ether oxygens (including phenoxy) is 2. The van der Waals surface area contributed by atoms with E-state index in [0.29, 0.717) is 41.7 Å². The van der Waals surface area contributed by atoms with Gasteiger partial charge in [-0.25, -0.2) is 0 Å². The first-order valence-corrected chi connectivity index (χ1v) is 9.93. The van der Waals surface area contributed by atoms with Gasteiger partial charge in [-0.1, -0.05) is 29.8 Å². The lowest BCUT2D eigenvalue weighted by molar-refractivity contribution is -0.126. The predicted octanol–water partition coefficient (Wildman–Crippen LogP) is 3.53. The highest BCUT2D eigenvalue weighted by atomic mass is 35.5. The Bertz CT molecular complexity index is 887. The number of nitrogens with one attached hydrogen (secondary N) is 1. The predicted molar refractivity (Wildman–Crippen MR) is 111 cm³/mol. The van der Waals surface area contributed by atoms with Crippen LogP contribution in [0, 0.1) is 5.92 Å². The second-order valence-corrected chi connectivity index (χ2v) is 7.38. The molecule has 7 heteroatoms. The van der Waals surface area contributed by atoms with Crippen molar-refractivity contribution in [2.24, 2.45) is 5.92 Å². The molecule has 0 saturated carbocycles. The zero-order chi connectivity index (χ0) is 20.8. The number of piperidine rings is 1. The maximum Gasteiger partial charge on any atom is 0.255 e. The molecule has 2 amide bonds. The molecule has 3 rings (SSSR count). The molecule has 2 aromatic rings. The number of amides is 2. The van der Waals surface area contributed by atoms with E-state index >= 15 is 0 Å². The average molecular weight is 417 g/mol. The van der Waals surface area contributed by atoms with Crippen molar-refractivity contribution in [3.8, 4) is 11.5 Å². The SMILES string of the molecule is COc1ccc(CNC(=O)C2CCCN(C(=O)c3ccccc3Cl)C2)cc1OC. The number of hydrogen-bond acceptors (Lipinski definition) is 4. The van der Waals surface area contributed by atoms with Gasteiger partial charge in [0.25, 0.3) is 5.91 Å². The minimum atomic E-state index is -0.240. The Morgan fingerprint density at radius 3 is 2.62 bits per heavy atom. The van der Waals surface area contributed by atoms with Crippen molar-refractivity contribution in [1.29, 1.82) is 0 Å².